The summed E-state index contributed by atoms with van der Waals surface area (Å²) in [4.78, 5) is 3.91. The van der Waals surface area contributed by atoms with Gasteiger partial charge in [0.25, 0.3) is 0 Å². The second-order valence-corrected chi connectivity index (χ2v) is 4.21. The fraction of sp³-hybridized carbons (Fsp3) is 0.583. The average Bonchev–Trinajstić information content (AvgIpc) is 2.95. The van der Waals surface area contributed by atoms with Crippen molar-refractivity contribution in [2.24, 2.45) is 0 Å². The molecule has 3 nitrogen and oxygen atoms in total. The molecule has 0 aliphatic heterocycles. The molecule has 0 amide bonds. The minimum absolute atomic E-state index is 0.389. The Hall–Kier alpha value is -1.23. The Bertz CT molecular complexity index is 385. The van der Waals surface area contributed by atoms with E-state index in [0.29, 0.717) is 12.4 Å². The number of allylic oxidation sites excluding steroid dienone is 1. The summed E-state index contributed by atoms with van der Waals surface area (Å²) in [6.45, 7) is -1.29. The third-order valence-electron chi connectivity index (χ3n) is 3.00. The van der Waals surface area contributed by atoms with Crippen LogP contribution >= 0.6 is 0 Å². The van der Waals surface area contributed by atoms with Gasteiger partial charge in [0.15, 0.2) is 0 Å². The van der Waals surface area contributed by atoms with Crippen LogP contribution in [0.5, 0.6) is 0 Å². The number of aromatic nitrogens is 2. The molecule has 0 bridgehead atoms. The van der Waals surface area contributed by atoms with Crippen molar-refractivity contribution in [3.8, 4) is 0 Å². The third-order valence-corrected chi connectivity index (χ3v) is 3.00. The first-order valence-corrected chi connectivity index (χ1v) is 5.96. The SMILES string of the molecule is FC(F)n1ccnc1CNCCC1=CCCC1. The lowest BCUT2D eigenvalue weighted by atomic mass is 10.2. The van der Waals surface area contributed by atoms with E-state index in [2.05, 4.69) is 16.4 Å². The molecule has 0 atom stereocenters. The van der Waals surface area contributed by atoms with Gasteiger partial charge >= 0.3 is 6.55 Å². The van der Waals surface area contributed by atoms with Gasteiger partial charge < -0.3 is 5.32 Å². The number of alkyl halides is 2. The number of nitrogens with zero attached hydrogens (tertiary/aromatic N) is 2. The lowest BCUT2D eigenvalue weighted by Crippen LogP contribution is -2.18. The number of nitrogens with one attached hydrogen (secondary N) is 1. The largest absolute Gasteiger partial charge is 0.319 e. The topological polar surface area (TPSA) is 29.9 Å². The average molecular weight is 241 g/mol. The molecule has 0 spiro atoms. The third kappa shape index (κ3) is 3.36. The van der Waals surface area contributed by atoms with Crippen LogP contribution in [0.2, 0.25) is 0 Å². The molecular formula is C12H17F2N3. The van der Waals surface area contributed by atoms with E-state index in [1.807, 2.05) is 0 Å². The highest BCUT2D eigenvalue weighted by Crippen LogP contribution is 2.19. The minimum Gasteiger partial charge on any atom is -0.310 e. The van der Waals surface area contributed by atoms with Crippen molar-refractivity contribution in [2.45, 2.75) is 38.8 Å². The summed E-state index contributed by atoms with van der Waals surface area (Å²) in [5.41, 5.74) is 1.48. The quantitative estimate of drug-likeness (QED) is 0.613. The molecule has 94 valence electrons. The standard InChI is InChI=1S/C12H17F2N3/c13-12(14)17-8-7-16-11(17)9-15-6-5-10-3-1-2-4-10/h3,7-8,12,15H,1-2,4-6,9H2. The Balaban J connectivity index is 1.72. The molecular weight excluding hydrogens is 224 g/mol. The molecule has 5 heteroatoms. The predicted molar refractivity (Wildman–Crippen MR) is 61.7 cm³/mol. The van der Waals surface area contributed by atoms with Gasteiger partial charge in [-0.15, -0.1) is 0 Å². The highest BCUT2D eigenvalue weighted by atomic mass is 19.3. The Kier molecular flexibility index (Phi) is 4.25. The smallest absolute Gasteiger partial charge is 0.310 e. The summed E-state index contributed by atoms with van der Waals surface area (Å²) < 4.78 is 25.9. The zero-order valence-corrected chi connectivity index (χ0v) is 9.70. The van der Waals surface area contributed by atoms with Gasteiger partial charge in [-0.1, -0.05) is 11.6 Å². The number of imidazole rings is 1. The van der Waals surface area contributed by atoms with Gasteiger partial charge in [-0.05, 0) is 32.2 Å². The highest BCUT2D eigenvalue weighted by Gasteiger charge is 2.10. The maximum Gasteiger partial charge on any atom is 0.319 e. The van der Waals surface area contributed by atoms with Crippen LogP contribution in [-0.4, -0.2) is 16.1 Å². The molecule has 0 aromatic carbocycles. The van der Waals surface area contributed by atoms with Gasteiger partial charge in [0.1, 0.15) is 5.82 Å². The van der Waals surface area contributed by atoms with Crippen molar-refractivity contribution in [3.63, 3.8) is 0 Å². The van der Waals surface area contributed by atoms with Crippen molar-refractivity contribution in [2.75, 3.05) is 6.54 Å². The van der Waals surface area contributed by atoms with Crippen molar-refractivity contribution in [3.05, 3.63) is 29.9 Å². The van der Waals surface area contributed by atoms with E-state index in [-0.39, 0.29) is 0 Å². The summed E-state index contributed by atoms with van der Waals surface area (Å²) in [5.74, 6) is 0.389. The molecule has 1 aliphatic rings. The lowest BCUT2D eigenvalue weighted by Gasteiger charge is -2.08. The van der Waals surface area contributed by atoms with E-state index in [0.717, 1.165) is 17.5 Å². The van der Waals surface area contributed by atoms with Crippen LogP contribution in [0, 0.1) is 0 Å². The highest BCUT2D eigenvalue weighted by molar-refractivity contribution is 5.07. The molecule has 0 fully saturated rings. The van der Waals surface area contributed by atoms with Gasteiger partial charge in [0.05, 0.1) is 6.54 Å². The Labute approximate surface area is 99.5 Å². The number of rotatable bonds is 6. The van der Waals surface area contributed by atoms with E-state index < -0.39 is 6.55 Å². The number of hydrogen-bond acceptors (Lipinski definition) is 2. The molecule has 1 aromatic rings. The van der Waals surface area contributed by atoms with E-state index in [4.69, 9.17) is 0 Å². The van der Waals surface area contributed by atoms with Crippen molar-refractivity contribution < 1.29 is 8.78 Å². The number of hydrogen-bond donors (Lipinski definition) is 1. The lowest BCUT2D eigenvalue weighted by molar-refractivity contribution is 0.0666. The van der Waals surface area contributed by atoms with E-state index in [9.17, 15) is 8.78 Å². The molecule has 1 N–H and O–H groups in total. The molecule has 0 unspecified atom stereocenters. The van der Waals surface area contributed by atoms with Crippen LogP contribution < -0.4 is 5.32 Å². The second kappa shape index (κ2) is 5.91. The molecule has 1 aromatic heterocycles. The van der Waals surface area contributed by atoms with E-state index in [1.165, 1.54) is 37.2 Å². The van der Waals surface area contributed by atoms with Crippen LogP contribution in [0.1, 0.15) is 38.1 Å². The van der Waals surface area contributed by atoms with Crippen molar-refractivity contribution in [1.29, 1.82) is 0 Å². The zero-order chi connectivity index (χ0) is 12.1. The first-order chi connectivity index (χ1) is 8.27. The van der Waals surface area contributed by atoms with Crippen LogP contribution in [-0.2, 0) is 6.54 Å². The molecule has 1 aliphatic carbocycles. The van der Waals surface area contributed by atoms with Crippen LogP contribution in [0.4, 0.5) is 8.78 Å². The van der Waals surface area contributed by atoms with E-state index >= 15 is 0 Å². The van der Waals surface area contributed by atoms with E-state index in [1.54, 1.807) is 0 Å². The maximum absolute atomic E-state index is 12.5. The van der Waals surface area contributed by atoms with Crippen LogP contribution in [0.3, 0.4) is 0 Å². The second-order valence-electron chi connectivity index (χ2n) is 4.21. The molecule has 0 radical (unpaired) electrons. The van der Waals surface area contributed by atoms with Gasteiger partial charge in [-0.3, -0.25) is 4.57 Å². The van der Waals surface area contributed by atoms with Crippen LogP contribution in [0.15, 0.2) is 24.0 Å². The molecule has 0 saturated heterocycles. The Morgan fingerprint density at radius 2 is 2.35 bits per heavy atom. The van der Waals surface area contributed by atoms with Crippen molar-refractivity contribution in [1.82, 2.24) is 14.9 Å². The van der Waals surface area contributed by atoms with Gasteiger partial charge in [0, 0.05) is 12.4 Å². The Morgan fingerprint density at radius 3 is 3.06 bits per heavy atom. The maximum atomic E-state index is 12.5. The van der Waals surface area contributed by atoms with Gasteiger partial charge in [0.2, 0.25) is 0 Å². The zero-order valence-electron chi connectivity index (χ0n) is 9.70. The monoisotopic (exact) mass is 241 g/mol. The van der Waals surface area contributed by atoms with Gasteiger partial charge in [-0.25, -0.2) is 4.98 Å². The fourth-order valence-corrected chi connectivity index (χ4v) is 2.07. The fourth-order valence-electron chi connectivity index (χ4n) is 2.07. The van der Waals surface area contributed by atoms with Crippen LogP contribution in [0.25, 0.3) is 0 Å². The van der Waals surface area contributed by atoms with Gasteiger partial charge in [-0.2, -0.15) is 8.78 Å². The summed E-state index contributed by atoms with van der Waals surface area (Å²) in [6.07, 6.45) is 9.63. The minimum atomic E-state index is -2.51. The summed E-state index contributed by atoms with van der Waals surface area (Å²) in [5, 5.41) is 3.15. The molecule has 1 heterocycles. The molecule has 2 rings (SSSR count). The summed E-state index contributed by atoms with van der Waals surface area (Å²) in [7, 11) is 0. The normalized spacial score (nSPS) is 15.6. The summed E-state index contributed by atoms with van der Waals surface area (Å²) in [6, 6.07) is 0. The summed E-state index contributed by atoms with van der Waals surface area (Å²) >= 11 is 0. The van der Waals surface area contributed by atoms with Crippen molar-refractivity contribution >= 4 is 0 Å². The number of halogens is 2. The molecule has 0 saturated carbocycles. The first kappa shape index (κ1) is 12.2. The molecule has 17 heavy (non-hydrogen) atoms. The first-order valence-electron chi connectivity index (χ1n) is 5.96. The predicted octanol–water partition coefficient (Wildman–Crippen LogP) is 2.87. The Morgan fingerprint density at radius 1 is 1.47 bits per heavy atom.